The van der Waals surface area contributed by atoms with E-state index in [4.69, 9.17) is 21.1 Å². The molecule has 1 heterocycles. The van der Waals surface area contributed by atoms with Crippen LogP contribution in [-0.2, 0) is 6.42 Å². The number of aliphatic hydroxyl groups is 1. The standard InChI is InChI=1S/C13H10ClFO4/c14-8-2-1-3-9(15)7(8)6-10(16)11-4-5-12(19-11)13(17)18/h1-5,10,16H,6H2,(H,17,18). The van der Waals surface area contributed by atoms with Gasteiger partial charge in [-0.1, -0.05) is 17.7 Å². The second-order valence-corrected chi connectivity index (χ2v) is 4.33. The highest BCUT2D eigenvalue weighted by Crippen LogP contribution is 2.26. The molecule has 0 bridgehead atoms. The maximum atomic E-state index is 13.5. The largest absolute Gasteiger partial charge is 0.475 e. The van der Waals surface area contributed by atoms with Gasteiger partial charge in [-0.25, -0.2) is 9.18 Å². The summed E-state index contributed by atoms with van der Waals surface area (Å²) in [4.78, 5) is 10.6. The predicted octanol–water partition coefficient (Wildman–Crippen LogP) is 3.05. The quantitative estimate of drug-likeness (QED) is 0.905. The first-order valence-electron chi connectivity index (χ1n) is 5.43. The summed E-state index contributed by atoms with van der Waals surface area (Å²) in [5.41, 5.74) is 0.157. The molecule has 19 heavy (non-hydrogen) atoms. The maximum Gasteiger partial charge on any atom is 0.371 e. The molecule has 2 rings (SSSR count). The number of benzene rings is 1. The first-order valence-corrected chi connectivity index (χ1v) is 5.81. The summed E-state index contributed by atoms with van der Waals surface area (Å²) in [5, 5.41) is 18.8. The highest BCUT2D eigenvalue weighted by Gasteiger charge is 2.19. The van der Waals surface area contributed by atoms with E-state index < -0.39 is 17.9 Å². The van der Waals surface area contributed by atoms with Gasteiger partial charge in [0.2, 0.25) is 5.76 Å². The molecule has 0 saturated heterocycles. The zero-order chi connectivity index (χ0) is 14.0. The maximum absolute atomic E-state index is 13.5. The Bertz CT molecular complexity index is 588. The van der Waals surface area contributed by atoms with Crippen LogP contribution in [0.1, 0.15) is 28.0 Å². The van der Waals surface area contributed by atoms with Gasteiger partial charge in [-0.15, -0.1) is 0 Å². The Kier molecular flexibility index (Phi) is 3.87. The van der Waals surface area contributed by atoms with Crippen molar-refractivity contribution in [3.05, 3.63) is 58.3 Å². The molecule has 2 N–H and O–H groups in total. The molecule has 1 atom stereocenters. The zero-order valence-corrected chi connectivity index (χ0v) is 10.4. The number of halogens is 2. The van der Waals surface area contributed by atoms with Gasteiger partial charge in [-0.3, -0.25) is 0 Å². The van der Waals surface area contributed by atoms with E-state index in [-0.39, 0.29) is 28.5 Å². The minimum Gasteiger partial charge on any atom is -0.475 e. The van der Waals surface area contributed by atoms with Gasteiger partial charge in [0.25, 0.3) is 0 Å². The van der Waals surface area contributed by atoms with Crippen molar-refractivity contribution in [3.8, 4) is 0 Å². The third-order valence-corrected chi connectivity index (χ3v) is 2.98. The van der Waals surface area contributed by atoms with E-state index in [0.717, 1.165) is 0 Å². The molecule has 0 spiro atoms. The Labute approximate surface area is 113 Å². The second-order valence-electron chi connectivity index (χ2n) is 3.93. The van der Waals surface area contributed by atoms with Crippen LogP contribution in [0.25, 0.3) is 0 Å². The van der Waals surface area contributed by atoms with E-state index >= 15 is 0 Å². The number of aromatic carboxylic acids is 1. The van der Waals surface area contributed by atoms with Crippen molar-refractivity contribution in [1.82, 2.24) is 0 Å². The van der Waals surface area contributed by atoms with E-state index in [1.807, 2.05) is 0 Å². The summed E-state index contributed by atoms with van der Waals surface area (Å²) in [6, 6.07) is 6.77. The summed E-state index contributed by atoms with van der Waals surface area (Å²) < 4.78 is 18.5. The first kappa shape index (κ1) is 13.6. The zero-order valence-electron chi connectivity index (χ0n) is 9.64. The molecular weight excluding hydrogens is 275 g/mol. The molecule has 0 fully saturated rings. The van der Waals surface area contributed by atoms with Crippen LogP contribution in [0.2, 0.25) is 5.02 Å². The average Bonchev–Trinajstić information content (AvgIpc) is 2.83. The van der Waals surface area contributed by atoms with Gasteiger partial charge in [0, 0.05) is 17.0 Å². The number of carbonyl (C=O) groups is 1. The fraction of sp³-hybridized carbons (Fsp3) is 0.154. The van der Waals surface area contributed by atoms with Crippen LogP contribution >= 0.6 is 11.6 Å². The highest BCUT2D eigenvalue weighted by molar-refractivity contribution is 6.31. The summed E-state index contributed by atoms with van der Waals surface area (Å²) in [7, 11) is 0. The number of hydrogen-bond donors (Lipinski definition) is 2. The van der Waals surface area contributed by atoms with Crippen LogP contribution in [-0.4, -0.2) is 16.2 Å². The molecule has 0 aliphatic rings. The van der Waals surface area contributed by atoms with Crippen LogP contribution < -0.4 is 0 Å². The molecule has 0 radical (unpaired) electrons. The normalized spacial score (nSPS) is 12.4. The summed E-state index contributed by atoms with van der Waals surface area (Å²) >= 11 is 5.84. The van der Waals surface area contributed by atoms with Crippen LogP contribution in [0.5, 0.6) is 0 Å². The lowest BCUT2D eigenvalue weighted by Crippen LogP contribution is -2.03. The number of hydrogen-bond acceptors (Lipinski definition) is 3. The van der Waals surface area contributed by atoms with Crippen molar-refractivity contribution in [3.63, 3.8) is 0 Å². The summed E-state index contributed by atoms with van der Waals surface area (Å²) in [6.07, 6.45) is -1.26. The molecule has 1 aromatic heterocycles. The van der Waals surface area contributed by atoms with Crippen LogP contribution in [0, 0.1) is 5.82 Å². The van der Waals surface area contributed by atoms with Crippen LogP contribution in [0.3, 0.4) is 0 Å². The molecule has 0 aliphatic heterocycles. The minimum absolute atomic E-state index is 0.0525. The van der Waals surface area contributed by atoms with Crippen molar-refractivity contribution in [2.24, 2.45) is 0 Å². The molecule has 2 aromatic rings. The summed E-state index contributed by atoms with van der Waals surface area (Å²) in [5.74, 6) is -2.00. The Hall–Kier alpha value is -1.85. The van der Waals surface area contributed by atoms with E-state index in [1.165, 1.54) is 30.3 Å². The smallest absolute Gasteiger partial charge is 0.371 e. The molecule has 100 valence electrons. The number of rotatable bonds is 4. The van der Waals surface area contributed by atoms with E-state index in [9.17, 15) is 14.3 Å². The number of furan rings is 1. The molecule has 0 saturated carbocycles. The van der Waals surface area contributed by atoms with Gasteiger partial charge in [0.1, 0.15) is 17.7 Å². The van der Waals surface area contributed by atoms with Crippen molar-refractivity contribution in [2.45, 2.75) is 12.5 Å². The lowest BCUT2D eigenvalue weighted by atomic mass is 10.1. The average molecular weight is 285 g/mol. The van der Waals surface area contributed by atoms with Gasteiger partial charge in [-0.05, 0) is 24.3 Å². The van der Waals surface area contributed by atoms with E-state index in [0.29, 0.717) is 0 Å². The highest BCUT2D eigenvalue weighted by atomic mass is 35.5. The van der Waals surface area contributed by atoms with Crippen LogP contribution in [0.4, 0.5) is 4.39 Å². The second kappa shape index (κ2) is 5.42. The van der Waals surface area contributed by atoms with Crippen molar-refractivity contribution in [1.29, 1.82) is 0 Å². The van der Waals surface area contributed by atoms with Crippen molar-refractivity contribution in [2.75, 3.05) is 0 Å². The Morgan fingerprint density at radius 3 is 2.68 bits per heavy atom. The lowest BCUT2D eigenvalue weighted by Gasteiger charge is -2.10. The third kappa shape index (κ3) is 2.94. The number of carboxylic acid groups (broad SMARTS) is 1. The van der Waals surface area contributed by atoms with Gasteiger partial charge < -0.3 is 14.6 Å². The van der Waals surface area contributed by atoms with Crippen LogP contribution in [0.15, 0.2) is 34.7 Å². The minimum atomic E-state index is -1.23. The fourth-order valence-electron chi connectivity index (χ4n) is 1.67. The number of aliphatic hydroxyl groups excluding tert-OH is 1. The van der Waals surface area contributed by atoms with Gasteiger partial charge in [-0.2, -0.15) is 0 Å². The SMILES string of the molecule is O=C(O)c1ccc(C(O)Cc2c(F)cccc2Cl)o1. The van der Waals surface area contributed by atoms with E-state index in [1.54, 1.807) is 0 Å². The summed E-state index contributed by atoms with van der Waals surface area (Å²) in [6.45, 7) is 0. The fourth-order valence-corrected chi connectivity index (χ4v) is 1.91. The molecular formula is C13H10ClFO4. The first-order chi connectivity index (χ1) is 8.99. The molecule has 4 nitrogen and oxygen atoms in total. The molecule has 1 unspecified atom stereocenters. The molecule has 1 aromatic carbocycles. The van der Waals surface area contributed by atoms with Crippen molar-refractivity contribution < 1.29 is 23.8 Å². The van der Waals surface area contributed by atoms with Gasteiger partial charge in [0.15, 0.2) is 0 Å². The molecule has 0 amide bonds. The Morgan fingerprint density at radius 2 is 2.11 bits per heavy atom. The number of carboxylic acids is 1. The van der Waals surface area contributed by atoms with Gasteiger partial charge >= 0.3 is 5.97 Å². The lowest BCUT2D eigenvalue weighted by molar-refractivity contribution is 0.0651. The van der Waals surface area contributed by atoms with E-state index in [2.05, 4.69) is 0 Å². The monoisotopic (exact) mass is 284 g/mol. The predicted molar refractivity (Wildman–Crippen MR) is 65.7 cm³/mol. The van der Waals surface area contributed by atoms with Crippen molar-refractivity contribution >= 4 is 17.6 Å². The Balaban J connectivity index is 2.20. The topological polar surface area (TPSA) is 70.7 Å². The third-order valence-electron chi connectivity index (χ3n) is 2.63. The molecule has 0 aliphatic carbocycles. The Morgan fingerprint density at radius 1 is 1.37 bits per heavy atom. The van der Waals surface area contributed by atoms with Gasteiger partial charge in [0.05, 0.1) is 0 Å². The molecule has 6 heteroatoms.